The zero-order valence-corrected chi connectivity index (χ0v) is 18.2. The second kappa shape index (κ2) is 9.63. The van der Waals surface area contributed by atoms with Gasteiger partial charge in [-0.3, -0.25) is 14.5 Å². The van der Waals surface area contributed by atoms with Crippen molar-refractivity contribution in [3.63, 3.8) is 0 Å². The summed E-state index contributed by atoms with van der Waals surface area (Å²) >= 11 is 0. The molecule has 1 fully saturated rings. The maximum atomic E-state index is 13.1. The minimum Gasteiger partial charge on any atom is -0.444 e. The fourth-order valence-corrected chi connectivity index (χ4v) is 3.52. The van der Waals surface area contributed by atoms with Gasteiger partial charge in [-0.2, -0.15) is 5.10 Å². The van der Waals surface area contributed by atoms with Gasteiger partial charge in [-0.15, -0.1) is 0 Å². The summed E-state index contributed by atoms with van der Waals surface area (Å²) in [7, 11) is 1.83. The Bertz CT molecular complexity index is 1090. The van der Waals surface area contributed by atoms with Crippen LogP contribution in [0.3, 0.4) is 0 Å². The minimum absolute atomic E-state index is 0.00953. The van der Waals surface area contributed by atoms with Crippen LogP contribution in [0.4, 0.5) is 10.1 Å². The molecule has 2 aromatic heterocycles. The van der Waals surface area contributed by atoms with Crippen LogP contribution in [-0.4, -0.2) is 64.3 Å². The van der Waals surface area contributed by atoms with Crippen LogP contribution in [0.5, 0.6) is 0 Å². The number of carbonyl (C=O) groups excluding carboxylic acids is 1. The number of anilines is 1. The lowest BCUT2D eigenvalue weighted by molar-refractivity contribution is -0.120. The van der Waals surface area contributed by atoms with E-state index in [1.807, 2.05) is 25.1 Å². The molecule has 0 unspecified atom stereocenters. The summed E-state index contributed by atoms with van der Waals surface area (Å²) in [4.78, 5) is 25.5. The molecule has 3 aromatic rings. The van der Waals surface area contributed by atoms with Gasteiger partial charge in [0.15, 0.2) is 5.96 Å². The van der Waals surface area contributed by atoms with Crippen LogP contribution in [0.1, 0.15) is 12.6 Å². The van der Waals surface area contributed by atoms with Crippen LogP contribution in [-0.2, 0) is 18.3 Å². The molecule has 1 aliphatic rings. The maximum Gasteiger partial charge on any atom is 0.246 e. The summed E-state index contributed by atoms with van der Waals surface area (Å²) in [5, 5.41) is 7.41. The van der Waals surface area contributed by atoms with Gasteiger partial charge >= 0.3 is 0 Å². The number of benzene rings is 1. The highest BCUT2D eigenvalue weighted by molar-refractivity contribution is 5.98. The van der Waals surface area contributed by atoms with E-state index >= 15 is 0 Å². The molecule has 1 saturated heterocycles. The molecule has 168 valence electrons. The average Bonchev–Trinajstić information content (AvgIpc) is 3.43. The molecule has 1 amide bonds. The highest BCUT2D eigenvalue weighted by atomic mass is 19.1. The number of guanidine groups is 1. The number of amides is 1. The van der Waals surface area contributed by atoms with Crippen molar-refractivity contribution in [3.8, 4) is 11.5 Å². The molecule has 0 aliphatic carbocycles. The Morgan fingerprint density at radius 1 is 1.28 bits per heavy atom. The lowest BCUT2D eigenvalue weighted by atomic mass is 10.2. The van der Waals surface area contributed by atoms with E-state index in [4.69, 9.17) is 4.42 Å². The molecule has 10 heteroatoms. The van der Waals surface area contributed by atoms with Gasteiger partial charge in [0.1, 0.15) is 18.6 Å². The number of oxazole rings is 1. The van der Waals surface area contributed by atoms with Crippen LogP contribution in [0, 0.1) is 5.82 Å². The third-order valence-corrected chi connectivity index (χ3v) is 5.13. The normalized spacial score (nSPS) is 14.8. The summed E-state index contributed by atoms with van der Waals surface area (Å²) in [6, 6.07) is 6.02. The monoisotopic (exact) mass is 439 g/mol. The van der Waals surface area contributed by atoms with E-state index in [1.54, 1.807) is 34.2 Å². The van der Waals surface area contributed by atoms with Gasteiger partial charge < -0.3 is 19.5 Å². The number of rotatable bonds is 6. The molecule has 0 spiro atoms. The smallest absolute Gasteiger partial charge is 0.246 e. The van der Waals surface area contributed by atoms with Crippen molar-refractivity contribution in [2.75, 3.05) is 37.6 Å². The number of aryl methyl sites for hydroxylation is 1. The molecule has 32 heavy (non-hydrogen) atoms. The van der Waals surface area contributed by atoms with Gasteiger partial charge in [-0.1, -0.05) is 0 Å². The number of hydrogen-bond donors (Lipinski definition) is 1. The number of piperazine rings is 1. The van der Waals surface area contributed by atoms with Gasteiger partial charge in [0.2, 0.25) is 11.8 Å². The largest absolute Gasteiger partial charge is 0.444 e. The summed E-state index contributed by atoms with van der Waals surface area (Å²) in [6.07, 6.45) is 5.72. The Hall–Kier alpha value is -3.69. The predicted octanol–water partition coefficient (Wildman–Crippen LogP) is 2.07. The summed E-state index contributed by atoms with van der Waals surface area (Å²) in [5.41, 5.74) is 2.29. The minimum atomic E-state index is -0.300. The third-order valence-electron chi connectivity index (χ3n) is 5.13. The number of aliphatic imine (C=N–C) groups is 1. The van der Waals surface area contributed by atoms with Crippen LogP contribution >= 0.6 is 0 Å². The Labute approximate surface area is 185 Å². The first kappa shape index (κ1) is 21.5. The van der Waals surface area contributed by atoms with Crippen molar-refractivity contribution >= 4 is 17.6 Å². The molecule has 0 atom stereocenters. The second-order valence-electron chi connectivity index (χ2n) is 7.48. The van der Waals surface area contributed by atoms with Gasteiger partial charge in [0.05, 0.1) is 17.6 Å². The molecule has 3 heterocycles. The molecule has 1 N–H and O–H groups in total. The molecule has 1 aromatic carbocycles. The molecular formula is C22H26FN7O2. The zero-order chi connectivity index (χ0) is 22.5. The fraction of sp³-hybridized carbons (Fsp3) is 0.364. The van der Waals surface area contributed by atoms with Gasteiger partial charge in [-0.05, 0) is 31.2 Å². The van der Waals surface area contributed by atoms with Crippen molar-refractivity contribution in [1.29, 1.82) is 0 Å². The lowest BCUT2D eigenvalue weighted by Crippen LogP contribution is -2.55. The van der Waals surface area contributed by atoms with E-state index in [9.17, 15) is 9.18 Å². The Balaban J connectivity index is 1.36. The van der Waals surface area contributed by atoms with Gasteiger partial charge in [0.25, 0.3) is 0 Å². The van der Waals surface area contributed by atoms with Crippen molar-refractivity contribution in [3.05, 3.63) is 54.4 Å². The van der Waals surface area contributed by atoms with Crippen LogP contribution in [0.2, 0.25) is 0 Å². The first-order chi connectivity index (χ1) is 15.5. The number of halogens is 1. The third kappa shape index (κ3) is 4.96. The summed E-state index contributed by atoms with van der Waals surface area (Å²) in [5.74, 6) is 0.864. The van der Waals surface area contributed by atoms with Gasteiger partial charge in [0, 0.05) is 51.4 Å². The highest BCUT2D eigenvalue weighted by Gasteiger charge is 2.27. The van der Waals surface area contributed by atoms with E-state index in [-0.39, 0.29) is 18.3 Å². The number of nitrogens with one attached hydrogen (secondary N) is 1. The Morgan fingerprint density at radius 2 is 2.09 bits per heavy atom. The highest BCUT2D eigenvalue weighted by Crippen LogP contribution is 2.19. The maximum absolute atomic E-state index is 13.1. The Kier molecular flexibility index (Phi) is 6.48. The van der Waals surface area contributed by atoms with E-state index in [0.717, 1.165) is 16.9 Å². The van der Waals surface area contributed by atoms with Crippen molar-refractivity contribution in [2.24, 2.45) is 12.0 Å². The quantitative estimate of drug-likeness (QED) is 0.467. The zero-order valence-electron chi connectivity index (χ0n) is 18.2. The molecular weight excluding hydrogens is 413 g/mol. The molecule has 0 bridgehead atoms. The van der Waals surface area contributed by atoms with E-state index in [2.05, 4.69) is 20.4 Å². The average molecular weight is 439 g/mol. The number of aromatic nitrogens is 3. The van der Waals surface area contributed by atoms with E-state index < -0.39 is 0 Å². The van der Waals surface area contributed by atoms with E-state index in [1.165, 1.54) is 12.1 Å². The number of nitrogens with zero attached hydrogens (tertiary/aromatic N) is 6. The van der Waals surface area contributed by atoms with Crippen LogP contribution in [0.25, 0.3) is 11.5 Å². The molecule has 4 rings (SSSR count). The molecule has 1 aliphatic heterocycles. The van der Waals surface area contributed by atoms with Crippen LogP contribution < -0.4 is 10.2 Å². The molecule has 0 saturated carbocycles. The molecule has 0 radical (unpaired) electrons. The standard InChI is InChI=1S/C22H26FN7O2/c1-3-24-22(29-10-11-30(20(31)14-29)19-12-26-28(2)13-19)25-9-8-18-15-32-21(27-18)16-4-6-17(23)7-5-16/h4-7,12-13,15H,3,8-11,14H2,1-2H3,(H,24,25). The number of hydrogen-bond acceptors (Lipinski definition) is 5. The Morgan fingerprint density at radius 3 is 2.78 bits per heavy atom. The van der Waals surface area contributed by atoms with E-state index in [0.29, 0.717) is 44.5 Å². The second-order valence-corrected chi connectivity index (χ2v) is 7.48. The summed E-state index contributed by atoms with van der Waals surface area (Å²) < 4.78 is 20.3. The van der Waals surface area contributed by atoms with Crippen molar-refractivity contribution in [1.82, 2.24) is 25.0 Å². The first-order valence-electron chi connectivity index (χ1n) is 10.6. The summed E-state index contributed by atoms with van der Waals surface area (Å²) in [6.45, 7) is 4.68. The number of carbonyl (C=O) groups is 1. The van der Waals surface area contributed by atoms with Crippen molar-refractivity contribution in [2.45, 2.75) is 13.3 Å². The van der Waals surface area contributed by atoms with Crippen LogP contribution in [0.15, 0.2) is 52.3 Å². The lowest BCUT2D eigenvalue weighted by Gasteiger charge is -2.35. The predicted molar refractivity (Wildman–Crippen MR) is 119 cm³/mol. The first-order valence-corrected chi connectivity index (χ1v) is 10.6. The van der Waals surface area contributed by atoms with Gasteiger partial charge in [-0.25, -0.2) is 9.37 Å². The molecule has 9 nitrogen and oxygen atoms in total. The SMILES string of the molecule is CCNC(=NCCc1coc(-c2ccc(F)cc2)n1)N1CCN(c2cnn(C)c2)C(=O)C1. The fourth-order valence-electron chi connectivity index (χ4n) is 3.52. The van der Waals surface area contributed by atoms with Crippen molar-refractivity contribution < 1.29 is 13.6 Å². The topological polar surface area (TPSA) is 91.8 Å².